The molecule has 0 radical (unpaired) electrons. The molecule has 0 spiro atoms. The van der Waals surface area contributed by atoms with Gasteiger partial charge in [0.2, 0.25) is 0 Å². The van der Waals surface area contributed by atoms with Crippen molar-refractivity contribution in [2.45, 2.75) is 26.7 Å². The number of hydrogen-bond acceptors (Lipinski definition) is 1. The first-order valence-corrected chi connectivity index (χ1v) is 6.49. The lowest BCUT2D eigenvalue weighted by Gasteiger charge is -2.07. The van der Waals surface area contributed by atoms with Crippen molar-refractivity contribution in [2.75, 3.05) is 6.54 Å². The monoisotopic (exact) mass is 244 g/mol. The second-order valence-corrected chi connectivity index (χ2v) is 4.66. The maximum absolute atomic E-state index is 12.2. The van der Waals surface area contributed by atoms with Crippen LogP contribution in [0.4, 0.5) is 0 Å². The maximum atomic E-state index is 12.2. The van der Waals surface area contributed by atoms with E-state index < -0.39 is 0 Å². The second-order valence-electron chi connectivity index (χ2n) is 4.66. The van der Waals surface area contributed by atoms with Gasteiger partial charge in [-0.3, -0.25) is 4.79 Å². The van der Waals surface area contributed by atoms with Crippen LogP contribution in [-0.4, -0.2) is 17.0 Å². The Kier molecular flexibility index (Phi) is 3.70. The van der Waals surface area contributed by atoms with Crippen LogP contribution in [-0.2, 0) is 7.05 Å². The molecule has 1 aromatic carbocycles. The summed E-state index contributed by atoms with van der Waals surface area (Å²) in [5, 5.41) is 4.14. The lowest BCUT2D eigenvalue weighted by molar-refractivity contribution is 0.0945. The van der Waals surface area contributed by atoms with Crippen molar-refractivity contribution in [3.8, 4) is 0 Å². The van der Waals surface area contributed by atoms with Crippen molar-refractivity contribution < 1.29 is 4.79 Å². The third kappa shape index (κ3) is 2.13. The summed E-state index contributed by atoms with van der Waals surface area (Å²) in [5.74, 6) is 0.0275. The van der Waals surface area contributed by atoms with Crippen LogP contribution in [0.15, 0.2) is 24.3 Å². The van der Waals surface area contributed by atoms with Crippen LogP contribution in [0.3, 0.4) is 0 Å². The van der Waals surface area contributed by atoms with Crippen LogP contribution < -0.4 is 5.32 Å². The number of benzene rings is 1. The van der Waals surface area contributed by atoms with E-state index >= 15 is 0 Å². The van der Waals surface area contributed by atoms with Gasteiger partial charge < -0.3 is 9.88 Å². The molecule has 1 heterocycles. The first-order chi connectivity index (χ1) is 8.66. The Labute approximate surface area is 108 Å². The number of fused-ring (bicyclic) bond motifs is 1. The van der Waals surface area contributed by atoms with E-state index in [0.717, 1.165) is 41.5 Å². The number of aryl methyl sites for hydroxylation is 2. The molecule has 0 aliphatic rings. The molecule has 1 aromatic heterocycles. The Hall–Kier alpha value is -1.77. The van der Waals surface area contributed by atoms with Gasteiger partial charge in [-0.2, -0.15) is 0 Å². The number of carbonyl (C=O) groups is 1. The summed E-state index contributed by atoms with van der Waals surface area (Å²) >= 11 is 0. The summed E-state index contributed by atoms with van der Waals surface area (Å²) in [4.78, 5) is 12.2. The van der Waals surface area contributed by atoms with Crippen molar-refractivity contribution >= 4 is 16.8 Å². The molecule has 0 aliphatic carbocycles. The van der Waals surface area contributed by atoms with Gasteiger partial charge in [0.15, 0.2) is 0 Å². The van der Waals surface area contributed by atoms with Crippen LogP contribution in [0.25, 0.3) is 10.9 Å². The van der Waals surface area contributed by atoms with Gasteiger partial charge >= 0.3 is 0 Å². The third-order valence-electron chi connectivity index (χ3n) is 3.39. The average Bonchev–Trinajstić information content (AvgIpc) is 2.63. The Morgan fingerprint density at radius 3 is 2.72 bits per heavy atom. The Morgan fingerprint density at radius 1 is 1.33 bits per heavy atom. The Bertz CT molecular complexity index is 530. The van der Waals surface area contributed by atoms with Crippen LogP contribution in [0.1, 0.15) is 35.8 Å². The average molecular weight is 244 g/mol. The number of unbranched alkanes of at least 4 members (excludes halogenated alkanes) is 1. The molecule has 1 N–H and O–H groups in total. The van der Waals surface area contributed by atoms with Crippen molar-refractivity contribution in [3.05, 3.63) is 35.5 Å². The van der Waals surface area contributed by atoms with Crippen LogP contribution in [0, 0.1) is 6.92 Å². The quantitative estimate of drug-likeness (QED) is 0.824. The minimum absolute atomic E-state index is 0.0275. The number of nitrogens with one attached hydrogen (secondary N) is 1. The van der Waals surface area contributed by atoms with Crippen molar-refractivity contribution in [1.82, 2.24) is 9.88 Å². The standard InChI is InChI=1S/C15H20N2O/c1-4-5-10-16-15(18)14-11(2)12-8-6-7-9-13(12)17(14)3/h6-9H,4-5,10H2,1-3H3,(H,16,18). The number of nitrogens with zero attached hydrogens (tertiary/aromatic N) is 1. The summed E-state index contributed by atoms with van der Waals surface area (Å²) in [7, 11) is 1.95. The molecule has 0 saturated heterocycles. The molecule has 0 fully saturated rings. The van der Waals surface area contributed by atoms with E-state index in [1.807, 2.05) is 36.7 Å². The summed E-state index contributed by atoms with van der Waals surface area (Å²) in [6.07, 6.45) is 2.11. The number of hydrogen-bond donors (Lipinski definition) is 1. The van der Waals surface area contributed by atoms with Crippen LogP contribution in [0.5, 0.6) is 0 Å². The number of amides is 1. The van der Waals surface area contributed by atoms with Crippen LogP contribution >= 0.6 is 0 Å². The molecule has 1 amide bonds. The summed E-state index contributed by atoms with van der Waals surface area (Å²) in [6, 6.07) is 8.12. The molecule has 0 unspecified atom stereocenters. The van der Waals surface area contributed by atoms with Gasteiger partial charge in [0.1, 0.15) is 5.69 Å². The summed E-state index contributed by atoms with van der Waals surface area (Å²) in [5.41, 5.74) is 2.94. The highest BCUT2D eigenvalue weighted by Gasteiger charge is 2.17. The van der Waals surface area contributed by atoms with Gasteiger partial charge in [-0.1, -0.05) is 31.5 Å². The first-order valence-electron chi connectivity index (χ1n) is 6.49. The first kappa shape index (κ1) is 12.7. The highest BCUT2D eigenvalue weighted by atomic mass is 16.1. The van der Waals surface area contributed by atoms with Gasteiger partial charge in [-0.05, 0) is 25.0 Å². The molecule has 18 heavy (non-hydrogen) atoms. The molecule has 96 valence electrons. The molecule has 2 rings (SSSR count). The highest BCUT2D eigenvalue weighted by molar-refractivity contribution is 6.01. The van der Waals surface area contributed by atoms with E-state index in [1.54, 1.807) is 0 Å². The molecule has 0 bridgehead atoms. The summed E-state index contributed by atoms with van der Waals surface area (Å²) in [6.45, 7) is 4.88. The molecule has 0 saturated carbocycles. The minimum atomic E-state index is 0.0275. The molecule has 3 heteroatoms. The molecule has 0 aliphatic heterocycles. The zero-order valence-electron chi connectivity index (χ0n) is 11.3. The number of aromatic nitrogens is 1. The largest absolute Gasteiger partial charge is 0.351 e. The molecule has 3 nitrogen and oxygen atoms in total. The van der Waals surface area contributed by atoms with Gasteiger partial charge in [0.25, 0.3) is 5.91 Å². The minimum Gasteiger partial charge on any atom is -0.351 e. The SMILES string of the molecule is CCCCNC(=O)c1c(C)c2ccccc2n1C. The fourth-order valence-corrected chi connectivity index (χ4v) is 2.37. The van der Waals surface area contributed by atoms with E-state index in [2.05, 4.69) is 18.3 Å². The third-order valence-corrected chi connectivity index (χ3v) is 3.39. The fraction of sp³-hybridized carbons (Fsp3) is 0.400. The summed E-state index contributed by atoms with van der Waals surface area (Å²) < 4.78 is 1.98. The smallest absolute Gasteiger partial charge is 0.268 e. The zero-order valence-corrected chi connectivity index (χ0v) is 11.3. The zero-order chi connectivity index (χ0) is 13.1. The van der Waals surface area contributed by atoms with Crippen LogP contribution in [0.2, 0.25) is 0 Å². The lowest BCUT2D eigenvalue weighted by atomic mass is 10.1. The molecule has 0 atom stereocenters. The topological polar surface area (TPSA) is 34.0 Å². The Morgan fingerprint density at radius 2 is 2.06 bits per heavy atom. The Balaban J connectivity index is 2.36. The molecular weight excluding hydrogens is 224 g/mol. The number of para-hydroxylation sites is 1. The van der Waals surface area contributed by atoms with E-state index in [1.165, 1.54) is 0 Å². The van der Waals surface area contributed by atoms with Crippen molar-refractivity contribution in [1.29, 1.82) is 0 Å². The van der Waals surface area contributed by atoms with Gasteiger partial charge in [-0.15, -0.1) is 0 Å². The van der Waals surface area contributed by atoms with E-state index in [-0.39, 0.29) is 5.91 Å². The highest BCUT2D eigenvalue weighted by Crippen LogP contribution is 2.24. The predicted molar refractivity (Wildman–Crippen MR) is 74.9 cm³/mol. The number of carbonyl (C=O) groups excluding carboxylic acids is 1. The van der Waals surface area contributed by atoms with Gasteiger partial charge in [0, 0.05) is 24.5 Å². The maximum Gasteiger partial charge on any atom is 0.268 e. The predicted octanol–water partition coefficient (Wildman–Crippen LogP) is 3.02. The van der Waals surface area contributed by atoms with Gasteiger partial charge in [0.05, 0.1) is 0 Å². The molecular formula is C15H20N2O. The van der Waals surface area contributed by atoms with Crippen molar-refractivity contribution in [2.24, 2.45) is 7.05 Å². The lowest BCUT2D eigenvalue weighted by Crippen LogP contribution is -2.26. The normalized spacial score (nSPS) is 10.8. The van der Waals surface area contributed by atoms with E-state index in [0.29, 0.717) is 0 Å². The molecule has 2 aromatic rings. The second kappa shape index (κ2) is 5.25. The fourth-order valence-electron chi connectivity index (χ4n) is 2.37. The van der Waals surface area contributed by atoms with E-state index in [4.69, 9.17) is 0 Å². The van der Waals surface area contributed by atoms with Crippen molar-refractivity contribution in [3.63, 3.8) is 0 Å². The van der Waals surface area contributed by atoms with Gasteiger partial charge in [-0.25, -0.2) is 0 Å². The van der Waals surface area contributed by atoms with E-state index in [9.17, 15) is 4.79 Å². The number of rotatable bonds is 4.